The Bertz CT molecular complexity index is 495. The molecule has 2 heterocycles. The Hall–Kier alpha value is -1.62. The number of phenols is 1. The van der Waals surface area contributed by atoms with E-state index < -0.39 is 0 Å². The number of carbonyl (C=O) groups is 1. The number of rotatable bonds is 2. The van der Waals surface area contributed by atoms with E-state index in [2.05, 4.69) is 0 Å². The summed E-state index contributed by atoms with van der Waals surface area (Å²) in [5.74, 6) is 0.311. The minimum absolute atomic E-state index is 0.0465. The minimum atomic E-state index is -0.0465. The number of aromatic hydroxyl groups is 1. The molecule has 3 rings (SSSR count). The summed E-state index contributed by atoms with van der Waals surface area (Å²) in [5, 5.41) is 10.1. The van der Waals surface area contributed by atoms with Crippen LogP contribution in [0.2, 0.25) is 0 Å². The maximum absolute atomic E-state index is 12.2. The van der Waals surface area contributed by atoms with Crippen LogP contribution in [-0.4, -0.2) is 38.5 Å². The molecule has 2 fully saturated rings. The zero-order chi connectivity index (χ0) is 12.7. The predicted molar refractivity (Wildman–Crippen MR) is 71.0 cm³/mol. The van der Waals surface area contributed by atoms with Crippen molar-refractivity contribution in [1.29, 1.82) is 0 Å². The number of amides is 1. The van der Waals surface area contributed by atoms with Crippen molar-refractivity contribution < 1.29 is 9.90 Å². The van der Waals surface area contributed by atoms with E-state index >= 15 is 0 Å². The topological polar surface area (TPSA) is 43.8 Å². The zero-order valence-corrected chi connectivity index (χ0v) is 10.7. The third kappa shape index (κ3) is 1.75. The lowest BCUT2D eigenvalue weighted by Gasteiger charge is -2.18. The fourth-order valence-corrected chi connectivity index (χ4v) is 3.04. The number of phenolic OH excluding ortho intramolecular Hbond substituents is 1. The number of hydrogen-bond acceptors (Lipinski definition) is 3. The van der Waals surface area contributed by atoms with E-state index in [9.17, 15) is 9.90 Å². The lowest BCUT2D eigenvalue weighted by atomic mass is 10.2. The molecule has 0 aliphatic carbocycles. The minimum Gasteiger partial charge on any atom is -0.508 e. The van der Waals surface area contributed by atoms with E-state index in [1.807, 2.05) is 11.0 Å². The van der Waals surface area contributed by atoms with Gasteiger partial charge in [-0.15, -0.1) is 0 Å². The van der Waals surface area contributed by atoms with Gasteiger partial charge in [-0.2, -0.15) is 0 Å². The molecule has 1 aromatic rings. The van der Waals surface area contributed by atoms with Crippen molar-refractivity contribution in [2.75, 3.05) is 6.54 Å². The van der Waals surface area contributed by atoms with Crippen molar-refractivity contribution in [1.82, 2.24) is 9.80 Å². The number of hydrogen-bond donors (Lipinski definition) is 1. The number of thiocarbonyl (C=S) groups is 1. The van der Waals surface area contributed by atoms with E-state index in [0.29, 0.717) is 11.7 Å². The molecular weight excluding hydrogens is 248 g/mol. The van der Waals surface area contributed by atoms with Gasteiger partial charge in [0, 0.05) is 6.54 Å². The number of carbonyl (C=O) groups excluding carboxylic acids is 1. The third-order valence-electron chi connectivity index (χ3n) is 3.53. The Morgan fingerprint density at radius 2 is 2.28 bits per heavy atom. The Labute approximate surface area is 111 Å². The first-order chi connectivity index (χ1) is 8.66. The van der Waals surface area contributed by atoms with Crippen LogP contribution in [0, 0.1) is 0 Å². The molecule has 0 radical (unpaired) electrons. The monoisotopic (exact) mass is 262 g/mol. The van der Waals surface area contributed by atoms with E-state index in [-0.39, 0.29) is 17.7 Å². The van der Waals surface area contributed by atoms with Gasteiger partial charge in [0.25, 0.3) is 5.91 Å². The molecule has 0 spiro atoms. The van der Waals surface area contributed by atoms with Gasteiger partial charge in [-0.3, -0.25) is 9.69 Å². The summed E-state index contributed by atoms with van der Waals surface area (Å²) in [6.07, 6.45) is 1.94. The lowest BCUT2D eigenvalue weighted by molar-refractivity contribution is -0.128. The molecule has 4 nitrogen and oxygen atoms in total. The lowest BCUT2D eigenvalue weighted by Crippen LogP contribution is -2.32. The molecule has 18 heavy (non-hydrogen) atoms. The fraction of sp³-hybridized carbons (Fsp3) is 0.385. The molecule has 0 saturated carbocycles. The summed E-state index contributed by atoms with van der Waals surface area (Å²) in [6.45, 7) is 1.32. The molecular formula is C13H14N2O2S. The van der Waals surface area contributed by atoms with Crippen molar-refractivity contribution in [3.8, 4) is 5.75 Å². The molecule has 1 aromatic carbocycles. The zero-order valence-electron chi connectivity index (χ0n) is 9.87. The molecule has 2 saturated heterocycles. The molecule has 0 aromatic heterocycles. The quantitative estimate of drug-likeness (QED) is 0.820. The van der Waals surface area contributed by atoms with E-state index in [0.717, 1.165) is 24.9 Å². The summed E-state index contributed by atoms with van der Waals surface area (Å²) < 4.78 is 0. The molecule has 2 aliphatic heterocycles. The summed E-state index contributed by atoms with van der Waals surface area (Å²) >= 11 is 5.36. The molecule has 1 N–H and O–H groups in total. The number of fused-ring (bicyclic) bond motifs is 1. The van der Waals surface area contributed by atoms with Crippen molar-refractivity contribution in [2.24, 2.45) is 0 Å². The van der Waals surface area contributed by atoms with Crippen molar-refractivity contribution in [3.63, 3.8) is 0 Å². The molecule has 1 unspecified atom stereocenters. The average molecular weight is 262 g/mol. The van der Waals surface area contributed by atoms with Crippen molar-refractivity contribution in [2.45, 2.75) is 25.4 Å². The molecule has 1 atom stereocenters. The number of benzene rings is 1. The smallest absolute Gasteiger partial charge is 0.251 e. The van der Waals surface area contributed by atoms with Gasteiger partial charge in [-0.05, 0) is 42.8 Å². The third-order valence-corrected chi connectivity index (χ3v) is 3.99. The van der Waals surface area contributed by atoms with Crippen LogP contribution in [0.25, 0.3) is 0 Å². The Kier molecular flexibility index (Phi) is 2.70. The van der Waals surface area contributed by atoms with Crippen LogP contribution in [0.5, 0.6) is 5.75 Å². The van der Waals surface area contributed by atoms with Gasteiger partial charge in [-0.1, -0.05) is 12.1 Å². The van der Waals surface area contributed by atoms with E-state index in [4.69, 9.17) is 12.2 Å². The van der Waals surface area contributed by atoms with Crippen molar-refractivity contribution >= 4 is 23.2 Å². The van der Waals surface area contributed by atoms with Crippen LogP contribution < -0.4 is 0 Å². The largest absolute Gasteiger partial charge is 0.508 e. The molecule has 5 heteroatoms. The predicted octanol–water partition coefficient (Wildman–Crippen LogP) is 1.48. The summed E-state index contributed by atoms with van der Waals surface area (Å²) in [7, 11) is 0. The highest BCUT2D eigenvalue weighted by Crippen LogP contribution is 2.29. The van der Waals surface area contributed by atoms with Gasteiger partial charge in [0.05, 0.1) is 6.54 Å². The fourth-order valence-electron chi connectivity index (χ4n) is 2.66. The SMILES string of the molecule is O=C1C2CCCN2C(=S)N1Cc1cccc(O)c1. The first kappa shape index (κ1) is 11.5. The van der Waals surface area contributed by atoms with Gasteiger partial charge in [0.2, 0.25) is 0 Å². The Balaban J connectivity index is 1.81. The van der Waals surface area contributed by atoms with E-state index in [1.165, 1.54) is 0 Å². The second-order valence-electron chi connectivity index (χ2n) is 4.73. The molecule has 94 valence electrons. The second-order valence-corrected chi connectivity index (χ2v) is 5.09. The van der Waals surface area contributed by atoms with Crippen LogP contribution in [-0.2, 0) is 11.3 Å². The van der Waals surface area contributed by atoms with Gasteiger partial charge < -0.3 is 10.0 Å². The number of nitrogens with zero attached hydrogens (tertiary/aromatic N) is 2. The summed E-state index contributed by atoms with van der Waals surface area (Å²) in [4.78, 5) is 15.9. The van der Waals surface area contributed by atoms with Crippen LogP contribution in [0.15, 0.2) is 24.3 Å². The van der Waals surface area contributed by atoms with Crippen LogP contribution in [0.3, 0.4) is 0 Å². The maximum Gasteiger partial charge on any atom is 0.251 e. The first-order valence-corrected chi connectivity index (χ1v) is 6.47. The molecule has 1 amide bonds. The molecule has 2 aliphatic rings. The highest BCUT2D eigenvalue weighted by Gasteiger charge is 2.44. The Morgan fingerprint density at radius 3 is 3.00 bits per heavy atom. The van der Waals surface area contributed by atoms with Gasteiger partial charge in [0.1, 0.15) is 11.8 Å². The standard InChI is InChI=1S/C13H14N2O2S/c16-10-4-1-3-9(7-10)8-15-12(17)11-5-2-6-14(11)13(15)18/h1,3-4,7,11,16H,2,5-6,8H2. The normalized spacial score (nSPS) is 22.8. The summed E-state index contributed by atoms with van der Waals surface area (Å²) in [6, 6.07) is 6.90. The van der Waals surface area contributed by atoms with Crippen LogP contribution in [0.1, 0.15) is 18.4 Å². The van der Waals surface area contributed by atoms with Crippen molar-refractivity contribution in [3.05, 3.63) is 29.8 Å². The van der Waals surface area contributed by atoms with Crippen LogP contribution in [0.4, 0.5) is 0 Å². The van der Waals surface area contributed by atoms with Gasteiger partial charge in [0.15, 0.2) is 5.11 Å². The Morgan fingerprint density at radius 1 is 1.44 bits per heavy atom. The van der Waals surface area contributed by atoms with Crippen LogP contribution >= 0.6 is 12.2 Å². The summed E-state index contributed by atoms with van der Waals surface area (Å²) in [5.41, 5.74) is 0.895. The average Bonchev–Trinajstić information content (AvgIpc) is 2.90. The maximum atomic E-state index is 12.2. The molecule has 0 bridgehead atoms. The van der Waals surface area contributed by atoms with Gasteiger partial charge >= 0.3 is 0 Å². The second kappa shape index (κ2) is 4.24. The van der Waals surface area contributed by atoms with Gasteiger partial charge in [-0.25, -0.2) is 0 Å². The highest BCUT2D eigenvalue weighted by molar-refractivity contribution is 7.80. The first-order valence-electron chi connectivity index (χ1n) is 6.07. The highest BCUT2D eigenvalue weighted by atomic mass is 32.1. The van der Waals surface area contributed by atoms with E-state index in [1.54, 1.807) is 23.1 Å².